The van der Waals surface area contributed by atoms with Gasteiger partial charge in [-0.3, -0.25) is 4.79 Å². The Hall–Kier alpha value is -3.71. The van der Waals surface area contributed by atoms with Crippen LogP contribution in [0.1, 0.15) is 11.1 Å². The number of hydrogen-bond donors (Lipinski definition) is 1. The average molecular weight is 479 g/mol. The topological polar surface area (TPSA) is 77.0 Å². The molecule has 0 saturated carbocycles. The predicted octanol–water partition coefficient (Wildman–Crippen LogP) is 4.60. The van der Waals surface area contributed by atoms with Gasteiger partial charge in [0.25, 0.3) is 5.91 Å². The first-order chi connectivity index (χ1) is 15.1. The van der Waals surface area contributed by atoms with Crippen molar-refractivity contribution in [2.24, 2.45) is 5.10 Å². The van der Waals surface area contributed by atoms with Crippen LogP contribution in [-0.4, -0.2) is 24.7 Å². The molecule has 7 heteroatoms. The molecule has 0 bridgehead atoms. The highest BCUT2D eigenvalue weighted by atomic mass is 79.9. The van der Waals surface area contributed by atoms with Crippen molar-refractivity contribution in [1.29, 1.82) is 0 Å². The summed E-state index contributed by atoms with van der Waals surface area (Å²) in [6, 6.07) is 23.4. The SMILES string of the molecule is O=C(COc1cccc(Br)c1)N/N=C/c1ccc(OC(=O)/C=C/c2ccccc2)cc1. The van der Waals surface area contributed by atoms with Gasteiger partial charge in [-0.15, -0.1) is 0 Å². The highest BCUT2D eigenvalue weighted by Gasteiger charge is 2.03. The number of nitrogens with one attached hydrogen (secondary N) is 1. The zero-order chi connectivity index (χ0) is 21.9. The van der Waals surface area contributed by atoms with Gasteiger partial charge in [-0.2, -0.15) is 5.10 Å². The molecule has 0 saturated heterocycles. The lowest BCUT2D eigenvalue weighted by molar-refractivity contribution is -0.129. The lowest BCUT2D eigenvalue weighted by Gasteiger charge is -2.05. The van der Waals surface area contributed by atoms with E-state index >= 15 is 0 Å². The Morgan fingerprint density at radius 3 is 2.42 bits per heavy atom. The third kappa shape index (κ3) is 7.91. The fourth-order valence-electron chi connectivity index (χ4n) is 2.42. The standard InChI is InChI=1S/C24H19BrN2O4/c25-20-7-4-8-22(15-20)30-17-23(28)27-26-16-19-9-12-21(13-10-19)31-24(29)14-11-18-5-2-1-3-6-18/h1-16H,17H2,(H,27,28)/b14-11+,26-16+. The van der Waals surface area contributed by atoms with Gasteiger partial charge in [0.1, 0.15) is 11.5 Å². The summed E-state index contributed by atoms with van der Waals surface area (Å²) < 4.78 is 11.5. The number of rotatable bonds is 8. The number of carbonyl (C=O) groups excluding carboxylic acids is 2. The second-order valence-electron chi connectivity index (χ2n) is 6.27. The second kappa shape index (κ2) is 11.5. The number of hydrogen-bond acceptors (Lipinski definition) is 5. The number of halogens is 1. The van der Waals surface area contributed by atoms with E-state index < -0.39 is 5.97 Å². The summed E-state index contributed by atoms with van der Waals surface area (Å²) in [6.45, 7) is -0.154. The zero-order valence-electron chi connectivity index (χ0n) is 16.4. The first-order valence-corrected chi connectivity index (χ1v) is 10.1. The Bertz CT molecular complexity index is 1080. The quantitative estimate of drug-likeness (QED) is 0.169. The number of nitrogens with zero attached hydrogens (tertiary/aromatic N) is 1. The molecular weight excluding hydrogens is 460 g/mol. The van der Waals surface area contributed by atoms with Gasteiger partial charge in [-0.25, -0.2) is 10.2 Å². The van der Waals surface area contributed by atoms with Gasteiger partial charge in [-0.1, -0.05) is 52.3 Å². The van der Waals surface area contributed by atoms with Gasteiger partial charge in [0.05, 0.1) is 6.21 Å². The largest absolute Gasteiger partial charge is 0.484 e. The van der Waals surface area contributed by atoms with Gasteiger partial charge in [0.2, 0.25) is 0 Å². The maximum Gasteiger partial charge on any atom is 0.336 e. The van der Waals surface area contributed by atoms with E-state index in [0.717, 1.165) is 15.6 Å². The molecule has 1 N–H and O–H groups in total. The molecule has 3 aromatic rings. The zero-order valence-corrected chi connectivity index (χ0v) is 18.0. The van der Waals surface area contributed by atoms with Crippen LogP contribution in [0.5, 0.6) is 11.5 Å². The smallest absolute Gasteiger partial charge is 0.336 e. The number of benzene rings is 3. The molecule has 0 fully saturated rings. The molecule has 31 heavy (non-hydrogen) atoms. The Balaban J connectivity index is 1.43. The van der Waals surface area contributed by atoms with Crippen LogP contribution in [0.15, 0.2) is 94.5 Å². The Labute approximate surface area is 188 Å². The lowest BCUT2D eigenvalue weighted by Crippen LogP contribution is -2.24. The van der Waals surface area contributed by atoms with E-state index in [9.17, 15) is 9.59 Å². The Kier molecular flexibility index (Phi) is 8.13. The summed E-state index contributed by atoms with van der Waals surface area (Å²) in [6.07, 6.45) is 4.54. The predicted molar refractivity (Wildman–Crippen MR) is 123 cm³/mol. The number of ether oxygens (including phenoxy) is 2. The van der Waals surface area contributed by atoms with Gasteiger partial charge >= 0.3 is 5.97 Å². The fourth-order valence-corrected chi connectivity index (χ4v) is 2.80. The van der Waals surface area contributed by atoms with Crippen molar-refractivity contribution in [2.75, 3.05) is 6.61 Å². The summed E-state index contributed by atoms with van der Waals surface area (Å²) >= 11 is 3.34. The number of carbonyl (C=O) groups is 2. The summed E-state index contributed by atoms with van der Waals surface area (Å²) in [5.41, 5.74) is 4.04. The normalized spacial score (nSPS) is 10.9. The molecule has 156 valence electrons. The van der Waals surface area contributed by atoms with Crippen molar-refractivity contribution in [3.8, 4) is 11.5 Å². The van der Waals surface area contributed by atoms with Crippen LogP contribution in [0.2, 0.25) is 0 Å². The van der Waals surface area contributed by atoms with Crippen LogP contribution in [-0.2, 0) is 9.59 Å². The molecule has 0 aliphatic heterocycles. The first-order valence-electron chi connectivity index (χ1n) is 9.34. The third-order valence-electron chi connectivity index (χ3n) is 3.88. The molecule has 0 spiro atoms. The highest BCUT2D eigenvalue weighted by Crippen LogP contribution is 2.17. The van der Waals surface area contributed by atoms with Crippen LogP contribution in [0, 0.1) is 0 Å². The number of amides is 1. The van der Waals surface area contributed by atoms with Crippen LogP contribution >= 0.6 is 15.9 Å². The van der Waals surface area contributed by atoms with Crippen LogP contribution in [0.3, 0.4) is 0 Å². The fraction of sp³-hybridized carbons (Fsp3) is 0.0417. The maximum atomic E-state index is 11.9. The molecule has 0 aromatic heterocycles. The molecule has 0 radical (unpaired) electrons. The van der Waals surface area contributed by atoms with E-state index in [2.05, 4.69) is 26.5 Å². The molecule has 0 aliphatic rings. The maximum absolute atomic E-state index is 11.9. The van der Waals surface area contributed by atoms with E-state index in [0.29, 0.717) is 11.5 Å². The molecule has 0 heterocycles. The van der Waals surface area contributed by atoms with Crippen LogP contribution in [0.4, 0.5) is 0 Å². The van der Waals surface area contributed by atoms with Crippen molar-refractivity contribution < 1.29 is 19.1 Å². The monoisotopic (exact) mass is 478 g/mol. The van der Waals surface area contributed by atoms with Crippen molar-refractivity contribution in [1.82, 2.24) is 5.43 Å². The van der Waals surface area contributed by atoms with E-state index in [-0.39, 0.29) is 12.5 Å². The van der Waals surface area contributed by atoms with Crippen LogP contribution < -0.4 is 14.9 Å². The van der Waals surface area contributed by atoms with Crippen molar-refractivity contribution >= 4 is 40.1 Å². The Morgan fingerprint density at radius 1 is 0.903 bits per heavy atom. The van der Waals surface area contributed by atoms with Gasteiger partial charge < -0.3 is 9.47 Å². The van der Waals surface area contributed by atoms with Crippen LogP contribution in [0.25, 0.3) is 6.08 Å². The molecule has 0 atom stereocenters. The first kappa shape index (κ1) is 22.0. The number of esters is 1. The third-order valence-corrected chi connectivity index (χ3v) is 4.37. The average Bonchev–Trinajstić information content (AvgIpc) is 2.78. The molecule has 3 rings (SSSR count). The van der Waals surface area contributed by atoms with Gasteiger partial charge in [0, 0.05) is 10.5 Å². The molecule has 0 unspecified atom stereocenters. The highest BCUT2D eigenvalue weighted by molar-refractivity contribution is 9.10. The molecular formula is C24H19BrN2O4. The lowest BCUT2D eigenvalue weighted by atomic mass is 10.2. The summed E-state index contributed by atoms with van der Waals surface area (Å²) in [4.78, 5) is 23.7. The van der Waals surface area contributed by atoms with Crippen molar-refractivity contribution in [3.05, 3.63) is 101 Å². The molecule has 0 aliphatic carbocycles. The Morgan fingerprint density at radius 2 is 1.68 bits per heavy atom. The summed E-state index contributed by atoms with van der Waals surface area (Å²) in [5.74, 6) is 0.138. The van der Waals surface area contributed by atoms with Gasteiger partial charge in [-0.05, 0) is 59.7 Å². The number of hydrazone groups is 1. The van der Waals surface area contributed by atoms with E-state index in [1.165, 1.54) is 12.3 Å². The minimum atomic E-state index is -0.469. The van der Waals surface area contributed by atoms with E-state index in [1.807, 2.05) is 42.5 Å². The van der Waals surface area contributed by atoms with Crippen molar-refractivity contribution in [2.45, 2.75) is 0 Å². The summed E-state index contributed by atoms with van der Waals surface area (Å²) in [7, 11) is 0. The minimum Gasteiger partial charge on any atom is -0.484 e. The van der Waals surface area contributed by atoms with E-state index in [4.69, 9.17) is 9.47 Å². The summed E-state index contributed by atoms with van der Waals surface area (Å²) in [5, 5.41) is 3.89. The molecule has 1 amide bonds. The van der Waals surface area contributed by atoms with Gasteiger partial charge in [0.15, 0.2) is 6.61 Å². The van der Waals surface area contributed by atoms with E-state index in [1.54, 1.807) is 42.5 Å². The minimum absolute atomic E-state index is 0.154. The van der Waals surface area contributed by atoms with Crippen molar-refractivity contribution in [3.63, 3.8) is 0 Å². The molecule has 3 aromatic carbocycles. The second-order valence-corrected chi connectivity index (χ2v) is 7.19. The molecule has 6 nitrogen and oxygen atoms in total.